The van der Waals surface area contributed by atoms with Gasteiger partial charge in [-0.2, -0.15) is 0 Å². The molecule has 1 heterocycles. The molecule has 0 aliphatic carbocycles. The summed E-state index contributed by atoms with van der Waals surface area (Å²) >= 11 is 0. The van der Waals surface area contributed by atoms with E-state index in [0.29, 0.717) is 25.9 Å². The zero-order valence-electron chi connectivity index (χ0n) is 16.0. The largest absolute Gasteiger partial charge is 0.379 e. The Hall–Kier alpha value is -0.200. The zero-order chi connectivity index (χ0) is 17.5. The van der Waals surface area contributed by atoms with E-state index in [2.05, 4.69) is 0 Å². The fraction of sp³-hybridized carbons (Fsp3) is 1.00. The first-order valence-corrected chi connectivity index (χ1v) is 9.87. The summed E-state index contributed by atoms with van der Waals surface area (Å²) < 4.78 is 27.9. The Balaban J connectivity index is 1.95. The zero-order valence-corrected chi connectivity index (χ0v) is 16.0. The molecule has 0 N–H and O–H groups in total. The third-order valence-corrected chi connectivity index (χ3v) is 4.07. The molecule has 1 rings (SSSR count). The molecule has 1 aliphatic rings. The first-order chi connectivity index (χ1) is 11.8. The number of hydrogen-bond donors (Lipinski definition) is 0. The fourth-order valence-corrected chi connectivity index (χ4v) is 2.81. The SMILES string of the molecule is CCOC(CCCCCCCCCOCC1CO1)(OCC)OCC. The van der Waals surface area contributed by atoms with Crippen molar-refractivity contribution in [2.24, 2.45) is 0 Å². The smallest absolute Gasteiger partial charge is 0.282 e. The van der Waals surface area contributed by atoms with Crippen LogP contribution < -0.4 is 0 Å². The van der Waals surface area contributed by atoms with Gasteiger partial charge in [-0.3, -0.25) is 0 Å². The summed E-state index contributed by atoms with van der Waals surface area (Å²) in [7, 11) is 0. The van der Waals surface area contributed by atoms with Crippen LogP contribution in [0, 0.1) is 0 Å². The van der Waals surface area contributed by atoms with Crippen LogP contribution in [0.4, 0.5) is 0 Å². The standard InChI is InChI=1S/C19H38O5/c1-4-22-19(23-5-2,24-6-3)14-12-10-8-7-9-11-13-15-20-16-18-17-21-18/h18H,4-17H2,1-3H3. The second-order valence-corrected chi connectivity index (χ2v) is 6.24. The van der Waals surface area contributed by atoms with Crippen LogP contribution in [0.2, 0.25) is 0 Å². The monoisotopic (exact) mass is 346 g/mol. The first-order valence-electron chi connectivity index (χ1n) is 9.87. The summed E-state index contributed by atoms with van der Waals surface area (Å²) in [5.74, 6) is -0.832. The number of ether oxygens (including phenoxy) is 5. The van der Waals surface area contributed by atoms with Crippen LogP contribution in [0.5, 0.6) is 0 Å². The third-order valence-electron chi connectivity index (χ3n) is 4.07. The maximum atomic E-state index is 5.75. The molecule has 1 saturated heterocycles. The van der Waals surface area contributed by atoms with Crippen molar-refractivity contribution in [3.63, 3.8) is 0 Å². The van der Waals surface area contributed by atoms with Crippen LogP contribution in [0.3, 0.4) is 0 Å². The lowest BCUT2D eigenvalue weighted by Crippen LogP contribution is -2.39. The van der Waals surface area contributed by atoms with E-state index in [-0.39, 0.29) is 0 Å². The van der Waals surface area contributed by atoms with Crippen LogP contribution in [0.25, 0.3) is 0 Å². The predicted molar refractivity (Wildman–Crippen MR) is 95.1 cm³/mol. The van der Waals surface area contributed by atoms with Crippen molar-refractivity contribution >= 4 is 0 Å². The van der Waals surface area contributed by atoms with Crippen molar-refractivity contribution in [2.75, 3.05) is 39.6 Å². The quantitative estimate of drug-likeness (QED) is 0.210. The molecule has 24 heavy (non-hydrogen) atoms. The van der Waals surface area contributed by atoms with E-state index in [9.17, 15) is 0 Å². The molecule has 1 aliphatic heterocycles. The van der Waals surface area contributed by atoms with E-state index in [1.165, 1.54) is 32.1 Å². The van der Waals surface area contributed by atoms with Gasteiger partial charge in [-0.15, -0.1) is 0 Å². The first kappa shape index (κ1) is 21.8. The van der Waals surface area contributed by atoms with Crippen LogP contribution >= 0.6 is 0 Å². The molecule has 0 bridgehead atoms. The van der Waals surface area contributed by atoms with Crippen LogP contribution in [0.1, 0.15) is 72.1 Å². The third kappa shape index (κ3) is 10.6. The van der Waals surface area contributed by atoms with Crippen molar-refractivity contribution in [3.05, 3.63) is 0 Å². The van der Waals surface area contributed by atoms with Crippen molar-refractivity contribution in [3.8, 4) is 0 Å². The van der Waals surface area contributed by atoms with E-state index < -0.39 is 5.97 Å². The summed E-state index contributed by atoms with van der Waals surface area (Å²) in [6.45, 7) is 10.3. The molecular weight excluding hydrogens is 308 g/mol. The van der Waals surface area contributed by atoms with Gasteiger partial charge in [-0.25, -0.2) is 0 Å². The summed E-state index contributed by atoms with van der Waals surface area (Å²) in [4.78, 5) is 0. The van der Waals surface area contributed by atoms with Gasteiger partial charge in [-0.1, -0.05) is 32.1 Å². The van der Waals surface area contributed by atoms with Gasteiger partial charge in [0.2, 0.25) is 0 Å². The van der Waals surface area contributed by atoms with Crippen molar-refractivity contribution in [1.82, 2.24) is 0 Å². The van der Waals surface area contributed by atoms with Gasteiger partial charge in [0.25, 0.3) is 5.97 Å². The van der Waals surface area contributed by atoms with Gasteiger partial charge in [0.1, 0.15) is 6.10 Å². The van der Waals surface area contributed by atoms with E-state index in [1.807, 2.05) is 20.8 Å². The minimum absolute atomic E-state index is 0.391. The maximum absolute atomic E-state index is 5.75. The van der Waals surface area contributed by atoms with Crippen molar-refractivity contribution in [2.45, 2.75) is 84.2 Å². The van der Waals surface area contributed by atoms with Gasteiger partial charge >= 0.3 is 0 Å². The molecule has 144 valence electrons. The molecular formula is C19H38O5. The van der Waals surface area contributed by atoms with Crippen LogP contribution in [-0.4, -0.2) is 51.7 Å². The summed E-state index contributed by atoms with van der Waals surface area (Å²) in [5, 5.41) is 0. The number of hydrogen-bond acceptors (Lipinski definition) is 5. The average molecular weight is 347 g/mol. The number of rotatable bonds is 18. The Kier molecular flexibility index (Phi) is 12.8. The lowest BCUT2D eigenvalue weighted by Gasteiger charge is -2.32. The molecule has 5 nitrogen and oxygen atoms in total. The molecule has 5 heteroatoms. The fourth-order valence-electron chi connectivity index (χ4n) is 2.81. The molecule has 0 aromatic carbocycles. The Morgan fingerprint density at radius 1 is 0.792 bits per heavy atom. The lowest BCUT2D eigenvalue weighted by atomic mass is 10.1. The van der Waals surface area contributed by atoms with Crippen LogP contribution in [-0.2, 0) is 23.7 Å². The number of unbranched alkanes of at least 4 members (excludes halogenated alkanes) is 6. The van der Waals surface area contributed by atoms with E-state index >= 15 is 0 Å². The summed E-state index contributed by atoms with van der Waals surface area (Å²) in [5.41, 5.74) is 0. The van der Waals surface area contributed by atoms with E-state index in [4.69, 9.17) is 23.7 Å². The number of epoxide rings is 1. The summed E-state index contributed by atoms with van der Waals surface area (Å²) in [6, 6.07) is 0. The molecule has 1 fully saturated rings. The molecule has 0 radical (unpaired) electrons. The normalized spacial score (nSPS) is 17.4. The second kappa shape index (κ2) is 14.0. The van der Waals surface area contributed by atoms with Crippen molar-refractivity contribution < 1.29 is 23.7 Å². The van der Waals surface area contributed by atoms with Gasteiger partial charge in [0, 0.05) is 32.8 Å². The predicted octanol–water partition coefficient (Wildman–Crippen LogP) is 4.29. The Morgan fingerprint density at radius 2 is 1.29 bits per heavy atom. The van der Waals surface area contributed by atoms with Crippen LogP contribution in [0.15, 0.2) is 0 Å². The van der Waals surface area contributed by atoms with Crippen molar-refractivity contribution in [1.29, 1.82) is 0 Å². The van der Waals surface area contributed by atoms with E-state index in [0.717, 1.165) is 39.1 Å². The second-order valence-electron chi connectivity index (χ2n) is 6.24. The highest BCUT2D eigenvalue weighted by molar-refractivity contribution is 4.67. The average Bonchev–Trinajstić information content (AvgIpc) is 3.37. The highest BCUT2D eigenvalue weighted by Gasteiger charge is 2.31. The van der Waals surface area contributed by atoms with Gasteiger partial charge in [0.15, 0.2) is 0 Å². The van der Waals surface area contributed by atoms with Gasteiger partial charge < -0.3 is 23.7 Å². The summed E-state index contributed by atoms with van der Waals surface area (Å²) in [6.07, 6.45) is 9.72. The molecule has 0 spiro atoms. The molecule has 1 atom stereocenters. The minimum atomic E-state index is -0.832. The van der Waals surface area contributed by atoms with Gasteiger partial charge in [0.05, 0.1) is 13.2 Å². The van der Waals surface area contributed by atoms with E-state index in [1.54, 1.807) is 0 Å². The lowest BCUT2D eigenvalue weighted by molar-refractivity contribution is -0.380. The molecule has 0 saturated carbocycles. The molecule has 0 amide bonds. The highest BCUT2D eigenvalue weighted by atomic mass is 16.9. The maximum Gasteiger partial charge on any atom is 0.282 e. The highest BCUT2D eigenvalue weighted by Crippen LogP contribution is 2.24. The Labute approximate surface area is 148 Å². The molecule has 0 aromatic heterocycles. The van der Waals surface area contributed by atoms with Gasteiger partial charge in [-0.05, 0) is 33.6 Å². The minimum Gasteiger partial charge on any atom is -0.379 e. The topological polar surface area (TPSA) is 49.5 Å². The Bertz CT molecular complexity index is 264. The molecule has 1 unspecified atom stereocenters. The Morgan fingerprint density at radius 3 is 1.79 bits per heavy atom. The molecule has 0 aromatic rings.